The molecule has 0 spiro atoms. The van der Waals surface area contributed by atoms with E-state index >= 15 is 0 Å². The van der Waals surface area contributed by atoms with Crippen molar-refractivity contribution < 1.29 is 10.2 Å². The lowest BCUT2D eigenvalue weighted by Gasteiger charge is -2.10. The molecule has 2 heteroatoms. The summed E-state index contributed by atoms with van der Waals surface area (Å²) in [6.07, 6.45) is 3.96. The largest absolute Gasteiger partial charge is 0.392 e. The molecule has 2 atom stereocenters. The molecule has 14 heavy (non-hydrogen) atoms. The van der Waals surface area contributed by atoms with Crippen LogP contribution >= 0.6 is 0 Å². The number of fused-ring (bicyclic) bond motifs is 1. The number of aliphatic hydroxyl groups excluding tert-OH is 2. The Kier molecular flexibility index (Phi) is 2.66. The third kappa shape index (κ3) is 1.59. The van der Waals surface area contributed by atoms with Crippen LogP contribution in [0.15, 0.2) is 36.4 Å². The summed E-state index contributed by atoms with van der Waals surface area (Å²) in [6.45, 7) is 0.0331. The molecule has 0 fully saturated rings. The first kappa shape index (κ1) is 9.44. The van der Waals surface area contributed by atoms with Crippen LogP contribution in [-0.2, 0) is 6.42 Å². The Morgan fingerprint density at radius 2 is 2.14 bits per heavy atom. The van der Waals surface area contributed by atoms with Crippen molar-refractivity contribution in [2.75, 3.05) is 6.61 Å². The molecular weight excluding hydrogens is 176 g/mol. The van der Waals surface area contributed by atoms with Crippen LogP contribution in [0.2, 0.25) is 0 Å². The molecule has 0 amide bonds. The second-order valence-electron chi connectivity index (χ2n) is 3.61. The average molecular weight is 190 g/mol. The molecule has 2 N–H and O–H groups in total. The molecule has 2 unspecified atom stereocenters. The summed E-state index contributed by atoms with van der Waals surface area (Å²) >= 11 is 0. The Morgan fingerprint density at radius 3 is 2.93 bits per heavy atom. The van der Waals surface area contributed by atoms with Crippen LogP contribution in [0.4, 0.5) is 0 Å². The van der Waals surface area contributed by atoms with Gasteiger partial charge in [0.25, 0.3) is 0 Å². The first-order chi connectivity index (χ1) is 6.83. The van der Waals surface area contributed by atoms with Crippen LogP contribution in [-0.4, -0.2) is 22.9 Å². The molecule has 1 aliphatic carbocycles. The molecular formula is C12H14O2. The van der Waals surface area contributed by atoms with Crippen molar-refractivity contribution in [1.82, 2.24) is 0 Å². The fraction of sp³-hybridized carbons (Fsp3) is 0.333. The lowest BCUT2D eigenvalue weighted by Crippen LogP contribution is -2.10. The number of aliphatic hydroxyl groups is 2. The van der Waals surface area contributed by atoms with Crippen LogP contribution < -0.4 is 0 Å². The third-order valence-electron chi connectivity index (χ3n) is 2.71. The van der Waals surface area contributed by atoms with Crippen molar-refractivity contribution in [2.45, 2.75) is 18.4 Å². The van der Waals surface area contributed by atoms with Crippen molar-refractivity contribution in [3.05, 3.63) is 47.5 Å². The minimum Gasteiger partial charge on any atom is -0.392 e. The van der Waals surface area contributed by atoms with Gasteiger partial charge in [-0.3, -0.25) is 0 Å². The second-order valence-corrected chi connectivity index (χ2v) is 3.61. The molecule has 2 nitrogen and oxygen atoms in total. The molecule has 0 heterocycles. The van der Waals surface area contributed by atoms with Gasteiger partial charge in [-0.05, 0) is 17.5 Å². The predicted molar refractivity (Wildman–Crippen MR) is 55.1 cm³/mol. The smallest absolute Gasteiger partial charge is 0.0683 e. The number of rotatable bonds is 2. The van der Waals surface area contributed by atoms with Crippen LogP contribution in [0.5, 0.6) is 0 Å². The van der Waals surface area contributed by atoms with Crippen molar-refractivity contribution in [2.24, 2.45) is 0 Å². The Morgan fingerprint density at radius 1 is 1.36 bits per heavy atom. The highest BCUT2D eigenvalue weighted by Crippen LogP contribution is 2.33. The van der Waals surface area contributed by atoms with E-state index in [1.165, 1.54) is 11.1 Å². The topological polar surface area (TPSA) is 40.5 Å². The highest BCUT2D eigenvalue weighted by Gasteiger charge is 2.28. The summed E-state index contributed by atoms with van der Waals surface area (Å²) in [5.41, 5.74) is 2.40. The monoisotopic (exact) mass is 190 g/mol. The average Bonchev–Trinajstić information content (AvgIpc) is 2.51. The Labute approximate surface area is 83.5 Å². The Balaban J connectivity index is 2.30. The van der Waals surface area contributed by atoms with Gasteiger partial charge in [-0.25, -0.2) is 0 Å². The Bertz CT molecular complexity index is 344. The molecule has 2 rings (SSSR count). The van der Waals surface area contributed by atoms with Gasteiger partial charge in [0, 0.05) is 5.92 Å². The summed E-state index contributed by atoms with van der Waals surface area (Å²) in [7, 11) is 0. The van der Waals surface area contributed by atoms with Gasteiger partial charge in [-0.15, -0.1) is 0 Å². The van der Waals surface area contributed by atoms with Crippen LogP contribution in [0.25, 0.3) is 0 Å². The molecule has 1 aliphatic rings. The van der Waals surface area contributed by atoms with Gasteiger partial charge in [-0.2, -0.15) is 0 Å². The van der Waals surface area contributed by atoms with E-state index in [2.05, 4.69) is 0 Å². The van der Waals surface area contributed by atoms with Gasteiger partial charge in [0.05, 0.1) is 12.7 Å². The first-order valence-electron chi connectivity index (χ1n) is 4.86. The van der Waals surface area contributed by atoms with Crippen molar-refractivity contribution in [3.63, 3.8) is 0 Å². The van der Waals surface area contributed by atoms with Crippen molar-refractivity contribution >= 4 is 0 Å². The highest BCUT2D eigenvalue weighted by atomic mass is 16.3. The lowest BCUT2D eigenvalue weighted by atomic mass is 9.99. The number of hydrogen-bond acceptors (Lipinski definition) is 2. The minimum absolute atomic E-state index is 0.0331. The SMILES string of the molecule is OC/C=C/C1c2ccccc2CC1O. The van der Waals surface area contributed by atoms with Gasteiger partial charge in [0.15, 0.2) is 0 Å². The maximum Gasteiger partial charge on any atom is 0.0683 e. The van der Waals surface area contributed by atoms with Crippen molar-refractivity contribution in [1.29, 1.82) is 0 Å². The summed E-state index contributed by atoms with van der Waals surface area (Å²) < 4.78 is 0. The molecule has 0 saturated carbocycles. The third-order valence-corrected chi connectivity index (χ3v) is 2.71. The predicted octanol–water partition coefficient (Wildman–Crippen LogP) is 1.24. The zero-order chi connectivity index (χ0) is 9.97. The van der Waals surface area contributed by atoms with Crippen molar-refractivity contribution in [3.8, 4) is 0 Å². The molecule has 1 aromatic carbocycles. The Hall–Kier alpha value is -1.12. The highest BCUT2D eigenvalue weighted by molar-refractivity contribution is 5.39. The van der Waals surface area contributed by atoms with Gasteiger partial charge in [0.1, 0.15) is 0 Å². The van der Waals surface area contributed by atoms with Gasteiger partial charge >= 0.3 is 0 Å². The summed E-state index contributed by atoms with van der Waals surface area (Å²) in [4.78, 5) is 0. The van der Waals surface area contributed by atoms with E-state index in [1.807, 2.05) is 30.3 Å². The number of hydrogen-bond donors (Lipinski definition) is 2. The number of benzene rings is 1. The molecule has 0 aromatic heterocycles. The van der Waals surface area contributed by atoms with E-state index in [0.717, 1.165) is 6.42 Å². The van der Waals surface area contributed by atoms with E-state index in [0.29, 0.717) is 0 Å². The quantitative estimate of drug-likeness (QED) is 0.689. The zero-order valence-corrected chi connectivity index (χ0v) is 7.93. The van der Waals surface area contributed by atoms with E-state index in [4.69, 9.17) is 5.11 Å². The molecule has 0 saturated heterocycles. The van der Waals surface area contributed by atoms with Gasteiger partial charge < -0.3 is 10.2 Å². The molecule has 74 valence electrons. The lowest BCUT2D eigenvalue weighted by molar-refractivity contribution is 0.172. The normalized spacial score (nSPS) is 25.6. The summed E-state index contributed by atoms with van der Waals surface area (Å²) in [6, 6.07) is 8.06. The molecule has 0 bridgehead atoms. The molecule has 1 aromatic rings. The maximum absolute atomic E-state index is 9.80. The molecule has 0 radical (unpaired) electrons. The first-order valence-corrected chi connectivity index (χ1v) is 4.86. The standard InChI is InChI=1S/C12H14O2/c13-7-3-6-11-10-5-2-1-4-9(10)8-12(11)14/h1-6,11-14H,7-8H2/b6-3+. The summed E-state index contributed by atoms with van der Waals surface area (Å²) in [5, 5.41) is 18.5. The second kappa shape index (κ2) is 3.95. The maximum atomic E-state index is 9.80. The molecule has 0 aliphatic heterocycles. The van der Waals surface area contributed by atoms with E-state index in [-0.39, 0.29) is 18.6 Å². The summed E-state index contributed by atoms with van der Waals surface area (Å²) in [5.74, 6) is 0.0540. The van der Waals surface area contributed by atoms with E-state index < -0.39 is 0 Å². The van der Waals surface area contributed by atoms with E-state index in [1.54, 1.807) is 6.08 Å². The fourth-order valence-corrected chi connectivity index (χ4v) is 2.04. The van der Waals surface area contributed by atoms with Gasteiger partial charge in [0.2, 0.25) is 0 Å². The van der Waals surface area contributed by atoms with E-state index in [9.17, 15) is 5.11 Å². The van der Waals surface area contributed by atoms with Gasteiger partial charge in [-0.1, -0.05) is 36.4 Å². The van der Waals surface area contributed by atoms with Crippen LogP contribution in [0.3, 0.4) is 0 Å². The van der Waals surface area contributed by atoms with Crippen LogP contribution in [0, 0.1) is 0 Å². The zero-order valence-electron chi connectivity index (χ0n) is 7.93. The van der Waals surface area contributed by atoms with Crippen LogP contribution in [0.1, 0.15) is 17.0 Å². The minimum atomic E-state index is -0.338. The fourth-order valence-electron chi connectivity index (χ4n) is 2.04.